The van der Waals surface area contributed by atoms with Crippen molar-refractivity contribution >= 4 is 5.97 Å². The number of carbonyl (C=O) groups is 1. The molecule has 1 fully saturated rings. The molecule has 0 aromatic carbocycles. The summed E-state index contributed by atoms with van der Waals surface area (Å²) in [7, 11) is 0. The van der Waals surface area contributed by atoms with E-state index in [0.717, 1.165) is 0 Å². The highest BCUT2D eigenvalue weighted by atomic mass is 16.6. The minimum Gasteiger partial charge on any atom is -0.461 e. The van der Waals surface area contributed by atoms with Crippen LogP contribution < -0.4 is 0 Å². The predicted molar refractivity (Wildman–Crippen MR) is 47.0 cm³/mol. The first-order valence-corrected chi connectivity index (χ1v) is 4.61. The molecule has 6 N–H and O–H groups in total. The van der Waals surface area contributed by atoms with Gasteiger partial charge in [0.05, 0.1) is 0 Å². The molecule has 16 heavy (non-hydrogen) atoms. The lowest BCUT2D eigenvalue weighted by atomic mass is 9.97. The van der Waals surface area contributed by atoms with Gasteiger partial charge in [-0.3, -0.25) is 0 Å². The highest BCUT2D eigenvalue weighted by Crippen LogP contribution is 2.14. The normalized spacial score (nSPS) is 46.5. The number of aliphatic hydroxyl groups excluding tert-OH is 6. The first-order chi connectivity index (χ1) is 7.36. The summed E-state index contributed by atoms with van der Waals surface area (Å²) in [6.07, 6.45) is -11.4. The monoisotopic (exact) mass is 238 g/mol. The molecule has 0 radical (unpaired) electrons. The van der Waals surface area contributed by atoms with Gasteiger partial charge in [0.2, 0.25) is 0 Å². The number of hydrogen-bond donors (Lipinski definition) is 6. The summed E-state index contributed by atoms with van der Waals surface area (Å²) in [5, 5.41) is 55.6. The fraction of sp³-hybridized carbons (Fsp3) is 0.875. The molecule has 94 valence electrons. The second-order valence-corrected chi connectivity index (χ2v) is 3.60. The van der Waals surface area contributed by atoms with Crippen molar-refractivity contribution < 1.29 is 40.2 Å². The molecule has 0 amide bonds. The second-order valence-electron chi connectivity index (χ2n) is 3.60. The Kier molecular flexibility index (Phi) is 4.19. The number of esters is 1. The van der Waals surface area contributed by atoms with Gasteiger partial charge in [-0.15, -0.1) is 0 Å². The zero-order valence-corrected chi connectivity index (χ0v) is 8.17. The van der Waals surface area contributed by atoms with E-state index >= 15 is 0 Å². The third-order valence-corrected chi connectivity index (χ3v) is 2.41. The lowest BCUT2D eigenvalue weighted by Crippen LogP contribution is -2.52. The largest absolute Gasteiger partial charge is 0.461 e. The molecule has 0 bridgehead atoms. The van der Waals surface area contributed by atoms with Crippen molar-refractivity contribution in [3.05, 3.63) is 0 Å². The van der Waals surface area contributed by atoms with Crippen LogP contribution in [0.2, 0.25) is 0 Å². The van der Waals surface area contributed by atoms with Gasteiger partial charge in [-0.2, -0.15) is 0 Å². The molecule has 8 nitrogen and oxygen atoms in total. The van der Waals surface area contributed by atoms with Crippen LogP contribution in [0.1, 0.15) is 0 Å². The lowest BCUT2D eigenvalue weighted by Gasteiger charge is -2.27. The molecule has 0 saturated carbocycles. The van der Waals surface area contributed by atoms with Gasteiger partial charge in [0.1, 0.15) is 37.1 Å². The summed E-state index contributed by atoms with van der Waals surface area (Å²) in [5.74, 6) is -1.26. The summed E-state index contributed by atoms with van der Waals surface area (Å²) in [5.41, 5.74) is 0. The maximum Gasteiger partial charge on any atom is 0.337 e. The highest BCUT2D eigenvalue weighted by molar-refractivity contribution is 5.75. The van der Waals surface area contributed by atoms with Gasteiger partial charge in [-0.1, -0.05) is 0 Å². The van der Waals surface area contributed by atoms with Gasteiger partial charge >= 0.3 is 5.97 Å². The summed E-state index contributed by atoms with van der Waals surface area (Å²) in [4.78, 5) is 11.0. The third-order valence-electron chi connectivity index (χ3n) is 2.41. The SMILES string of the molecule is O=C1OCC(O)C(O)C(O)C(O)C(O)C1O. The van der Waals surface area contributed by atoms with Gasteiger partial charge in [0.15, 0.2) is 6.10 Å². The Morgan fingerprint density at radius 2 is 1.38 bits per heavy atom. The molecule has 0 aromatic rings. The van der Waals surface area contributed by atoms with Crippen LogP contribution in [-0.4, -0.2) is 79.8 Å². The van der Waals surface area contributed by atoms with Crippen LogP contribution in [0.3, 0.4) is 0 Å². The zero-order valence-electron chi connectivity index (χ0n) is 8.17. The van der Waals surface area contributed by atoms with E-state index in [9.17, 15) is 35.4 Å². The molecular weight excluding hydrogens is 224 g/mol. The van der Waals surface area contributed by atoms with Crippen molar-refractivity contribution in [2.75, 3.05) is 6.61 Å². The minimum atomic E-state index is -2.05. The standard InChI is InChI=1S/C8H14O8/c9-2-1-16-8(15)7(14)6(13)5(12)4(11)3(2)10/h2-7,9-14H,1H2. The van der Waals surface area contributed by atoms with Crippen molar-refractivity contribution in [3.8, 4) is 0 Å². The van der Waals surface area contributed by atoms with Crippen LogP contribution in [0, 0.1) is 0 Å². The first-order valence-electron chi connectivity index (χ1n) is 4.61. The van der Waals surface area contributed by atoms with Crippen molar-refractivity contribution in [2.24, 2.45) is 0 Å². The Morgan fingerprint density at radius 1 is 0.875 bits per heavy atom. The molecule has 8 heteroatoms. The van der Waals surface area contributed by atoms with Crippen LogP contribution in [0.15, 0.2) is 0 Å². The third kappa shape index (κ3) is 2.48. The lowest BCUT2D eigenvalue weighted by molar-refractivity contribution is -0.167. The number of aliphatic hydroxyl groups is 6. The average molecular weight is 238 g/mol. The topological polar surface area (TPSA) is 148 Å². The average Bonchev–Trinajstić information content (AvgIpc) is 2.30. The van der Waals surface area contributed by atoms with Crippen LogP contribution >= 0.6 is 0 Å². The van der Waals surface area contributed by atoms with Crippen LogP contribution in [0.5, 0.6) is 0 Å². The number of hydrogen-bond acceptors (Lipinski definition) is 8. The van der Waals surface area contributed by atoms with Crippen molar-refractivity contribution in [2.45, 2.75) is 36.6 Å². The smallest absolute Gasteiger partial charge is 0.337 e. The van der Waals surface area contributed by atoms with Crippen molar-refractivity contribution in [1.29, 1.82) is 0 Å². The predicted octanol–water partition coefficient (Wildman–Crippen LogP) is -4.29. The van der Waals surface area contributed by atoms with E-state index in [2.05, 4.69) is 4.74 Å². The number of rotatable bonds is 0. The molecule has 1 heterocycles. The number of ether oxygens (including phenoxy) is 1. The fourth-order valence-corrected chi connectivity index (χ4v) is 1.31. The molecule has 1 rings (SSSR count). The van der Waals surface area contributed by atoms with Gasteiger partial charge in [0, 0.05) is 0 Å². The van der Waals surface area contributed by atoms with Gasteiger partial charge in [-0.25, -0.2) is 4.79 Å². The minimum absolute atomic E-state index is 0.659. The van der Waals surface area contributed by atoms with Gasteiger partial charge in [0.25, 0.3) is 0 Å². The Hall–Kier alpha value is -0.770. The van der Waals surface area contributed by atoms with Gasteiger partial charge < -0.3 is 35.4 Å². The molecule has 0 aromatic heterocycles. The first kappa shape index (κ1) is 13.3. The van der Waals surface area contributed by atoms with Crippen LogP contribution in [-0.2, 0) is 9.53 Å². The summed E-state index contributed by atoms with van der Waals surface area (Å²) in [6, 6.07) is 0. The molecule has 1 saturated heterocycles. The van der Waals surface area contributed by atoms with E-state index in [1.807, 2.05) is 0 Å². The second kappa shape index (κ2) is 5.04. The molecule has 1 aliphatic rings. The molecule has 6 unspecified atom stereocenters. The molecular formula is C8H14O8. The van der Waals surface area contributed by atoms with E-state index in [1.165, 1.54) is 0 Å². The molecule has 0 spiro atoms. The van der Waals surface area contributed by atoms with E-state index in [-0.39, 0.29) is 0 Å². The van der Waals surface area contributed by atoms with E-state index in [4.69, 9.17) is 0 Å². The van der Waals surface area contributed by atoms with Crippen LogP contribution in [0.4, 0.5) is 0 Å². The van der Waals surface area contributed by atoms with E-state index in [0.29, 0.717) is 0 Å². The Labute approximate surface area is 90.3 Å². The molecule has 0 aliphatic carbocycles. The number of carbonyl (C=O) groups excluding carboxylic acids is 1. The quantitative estimate of drug-likeness (QED) is 0.232. The zero-order chi connectivity index (χ0) is 12.5. The Balaban J connectivity index is 2.91. The summed E-state index contributed by atoms with van der Waals surface area (Å²) in [6.45, 7) is -0.659. The molecule has 6 atom stereocenters. The van der Waals surface area contributed by atoms with E-state index < -0.39 is 49.2 Å². The van der Waals surface area contributed by atoms with Crippen molar-refractivity contribution in [3.63, 3.8) is 0 Å². The maximum absolute atomic E-state index is 11.0. The molecule has 1 aliphatic heterocycles. The highest BCUT2D eigenvalue weighted by Gasteiger charge is 2.42. The van der Waals surface area contributed by atoms with Gasteiger partial charge in [-0.05, 0) is 0 Å². The summed E-state index contributed by atoms with van der Waals surface area (Å²) < 4.78 is 4.34. The number of cyclic esters (lactones) is 1. The maximum atomic E-state index is 11.0. The van der Waals surface area contributed by atoms with Crippen LogP contribution in [0.25, 0.3) is 0 Å². The van der Waals surface area contributed by atoms with E-state index in [1.54, 1.807) is 0 Å². The Bertz CT molecular complexity index is 256. The summed E-state index contributed by atoms with van der Waals surface area (Å²) >= 11 is 0. The van der Waals surface area contributed by atoms with Crippen molar-refractivity contribution in [1.82, 2.24) is 0 Å². The Morgan fingerprint density at radius 3 is 1.94 bits per heavy atom. The fourth-order valence-electron chi connectivity index (χ4n) is 1.31.